The highest BCUT2D eigenvalue weighted by Gasteiger charge is 2.15. The van der Waals surface area contributed by atoms with Crippen molar-refractivity contribution in [1.29, 1.82) is 0 Å². The third kappa shape index (κ3) is 2.87. The van der Waals surface area contributed by atoms with Crippen molar-refractivity contribution < 1.29 is 14.3 Å². The molecule has 0 aliphatic heterocycles. The van der Waals surface area contributed by atoms with Gasteiger partial charge in [0.15, 0.2) is 0 Å². The van der Waals surface area contributed by atoms with E-state index < -0.39 is 0 Å². The van der Waals surface area contributed by atoms with E-state index >= 15 is 0 Å². The Morgan fingerprint density at radius 3 is 2.42 bits per heavy atom. The number of carbonyl (C=O) groups excluding carboxylic acids is 1. The zero-order chi connectivity index (χ0) is 13.8. The van der Waals surface area contributed by atoms with Crippen molar-refractivity contribution in [2.75, 3.05) is 19.5 Å². The lowest BCUT2D eigenvalue weighted by molar-refractivity contribution is 0.102. The Labute approximate surface area is 118 Å². The van der Waals surface area contributed by atoms with Crippen LogP contribution >= 0.6 is 15.9 Å². The number of ether oxygens (including phenoxy) is 2. The van der Waals surface area contributed by atoms with Gasteiger partial charge >= 0.3 is 0 Å². The average Bonchev–Trinajstić information content (AvgIpc) is 2.91. The number of amides is 1. The van der Waals surface area contributed by atoms with E-state index in [1.165, 1.54) is 14.2 Å². The lowest BCUT2D eigenvalue weighted by atomic mass is 10.2. The molecule has 1 aromatic carbocycles. The van der Waals surface area contributed by atoms with Gasteiger partial charge in [0.1, 0.15) is 16.0 Å². The summed E-state index contributed by atoms with van der Waals surface area (Å²) in [6.45, 7) is 0. The molecule has 0 bridgehead atoms. The molecule has 0 saturated heterocycles. The molecule has 2 aromatic rings. The van der Waals surface area contributed by atoms with E-state index in [2.05, 4.69) is 31.2 Å². The number of halogens is 1. The van der Waals surface area contributed by atoms with Gasteiger partial charge in [-0.2, -0.15) is 0 Å². The van der Waals surface area contributed by atoms with Crippen LogP contribution in [0.25, 0.3) is 0 Å². The minimum Gasteiger partial charge on any atom is -0.495 e. The number of aromatic nitrogens is 2. The summed E-state index contributed by atoms with van der Waals surface area (Å²) < 4.78 is 11.0. The lowest BCUT2D eigenvalue weighted by Gasteiger charge is -2.11. The van der Waals surface area contributed by atoms with Crippen LogP contribution in [0, 0.1) is 0 Å². The first-order valence-electron chi connectivity index (χ1n) is 5.38. The maximum absolute atomic E-state index is 12.1. The highest BCUT2D eigenvalue weighted by Crippen LogP contribution is 2.35. The van der Waals surface area contributed by atoms with Crippen LogP contribution in [0.15, 0.2) is 29.0 Å². The molecule has 6 nitrogen and oxygen atoms in total. The Kier molecular flexibility index (Phi) is 4.06. The molecule has 100 valence electrons. The summed E-state index contributed by atoms with van der Waals surface area (Å²) in [6.07, 6.45) is 3.18. The van der Waals surface area contributed by atoms with Gasteiger partial charge in [0, 0.05) is 18.0 Å². The average molecular weight is 326 g/mol. The van der Waals surface area contributed by atoms with Crippen LogP contribution in [0.2, 0.25) is 0 Å². The molecular weight excluding hydrogens is 314 g/mol. The number of rotatable bonds is 4. The zero-order valence-corrected chi connectivity index (χ0v) is 11.9. The molecule has 0 spiro atoms. The van der Waals surface area contributed by atoms with Crippen LogP contribution in [0.5, 0.6) is 11.5 Å². The number of carbonyl (C=O) groups is 1. The van der Waals surface area contributed by atoms with Gasteiger partial charge in [-0.05, 0) is 28.1 Å². The zero-order valence-electron chi connectivity index (χ0n) is 10.4. The second kappa shape index (κ2) is 5.75. The van der Waals surface area contributed by atoms with Gasteiger partial charge in [-0.1, -0.05) is 0 Å². The first-order chi connectivity index (χ1) is 9.15. The third-order valence-corrected chi connectivity index (χ3v) is 3.22. The molecule has 0 fully saturated rings. The number of nitrogens with zero attached hydrogens (tertiary/aromatic N) is 1. The fraction of sp³-hybridized carbons (Fsp3) is 0.167. The van der Waals surface area contributed by atoms with E-state index in [9.17, 15) is 4.79 Å². The molecule has 2 N–H and O–H groups in total. The van der Waals surface area contributed by atoms with E-state index in [0.29, 0.717) is 27.5 Å². The molecule has 1 aromatic heterocycles. The number of H-pyrrole nitrogens is 1. The summed E-state index contributed by atoms with van der Waals surface area (Å²) in [5.74, 6) is 1.11. The molecule has 0 aliphatic carbocycles. The molecule has 0 radical (unpaired) electrons. The topological polar surface area (TPSA) is 76.2 Å². The minimum absolute atomic E-state index is 0.306. The number of hydrogen-bond acceptors (Lipinski definition) is 4. The third-order valence-electron chi connectivity index (χ3n) is 2.44. The van der Waals surface area contributed by atoms with E-state index in [-0.39, 0.29) is 5.91 Å². The SMILES string of the molecule is COc1cc(C(=O)Nc2ncc[nH]2)cc(OC)c1Br. The van der Waals surface area contributed by atoms with E-state index in [1.54, 1.807) is 24.5 Å². The van der Waals surface area contributed by atoms with E-state index in [0.717, 1.165) is 0 Å². The van der Waals surface area contributed by atoms with Crippen molar-refractivity contribution in [3.63, 3.8) is 0 Å². The predicted octanol–water partition coefficient (Wildman–Crippen LogP) is 2.44. The second-order valence-corrected chi connectivity index (χ2v) is 4.38. The second-order valence-electron chi connectivity index (χ2n) is 3.59. The van der Waals surface area contributed by atoms with Gasteiger partial charge < -0.3 is 14.5 Å². The molecule has 0 atom stereocenters. The number of nitrogens with one attached hydrogen (secondary N) is 2. The quantitative estimate of drug-likeness (QED) is 0.905. The summed E-state index contributed by atoms with van der Waals surface area (Å²) in [5, 5.41) is 2.63. The van der Waals surface area contributed by atoms with Crippen LogP contribution in [0.1, 0.15) is 10.4 Å². The van der Waals surface area contributed by atoms with Gasteiger partial charge in [-0.15, -0.1) is 0 Å². The normalized spacial score (nSPS) is 10.1. The fourth-order valence-corrected chi connectivity index (χ4v) is 2.07. The molecule has 0 saturated carbocycles. The van der Waals surface area contributed by atoms with Gasteiger partial charge in [0.05, 0.1) is 14.2 Å². The maximum atomic E-state index is 12.1. The van der Waals surface area contributed by atoms with E-state index in [1.807, 2.05) is 0 Å². The van der Waals surface area contributed by atoms with Crippen molar-refractivity contribution in [3.05, 3.63) is 34.6 Å². The number of methoxy groups -OCH3 is 2. The highest BCUT2D eigenvalue weighted by molar-refractivity contribution is 9.10. The Morgan fingerprint density at radius 1 is 1.32 bits per heavy atom. The summed E-state index contributed by atoms with van der Waals surface area (Å²) in [5.41, 5.74) is 0.410. The molecule has 0 aliphatic rings. The number of hydrogen-bond donors (Lipinski definition) is 2. The lowest BCUT2D eigenvalue weighted by Crippen LogP contribution is -2.13. The van der Waals surface area contributed by atoms with Gasteiger partial charge in [-0.3, -0.25) is 10.1 Å². The van der Waals surface area contributed by atoms with Gasteiger partial charge in [-0.25, -0.2) is 4.98 Å². The van der Waals surface area contributed by atoms with Gasteiger partial charge in [0.2, 0.25) is 5.95 Å². The summed E-state index contributed by atoms with van der Waals surface area (Å²) in [7, 11) is 3.04. The largest absolute Gasteiger partial charge is 0.495 e. The Hall–Kier alpha value is -2.02. The summed E-state index contributed by atoms with van der Waals surface area (Å²) in [6, 6.07) is 3.23. The monoisotopic (exact) mass is 325 g/mol. The van der Waals surface area contributed by atoms with Crippen LogP contribution in [-0.2, 0) is 0 Å². The number of aromatic amines is 1. The highest BCUT2D eigenvalue weighted by atomic mass is 79.9. The Bertz CT molecular complexity index is 559. The number of anilines is 1. The molecule has 0 unspecified atom stereocenters. The van der Waals surface area contributed by atoms with Crippen molar-refractivity contribution in [2.24, 2.45) is 0 Å². The van der Waals surface area contributed by atoms with Crippen LogP contribution in [-0.4, -0.2) is 30.1 Å². The predicted molar refractivity (Wildman–Crippen MR) is 73.8 cm³/mol. The van der Waals surface area contributed by atoms with Crippen LogP contribution in [0.3, 0.4) is 0 Å². The Balaban J connectivity index is 2.31. The summed E-state index contributed by atoms with van der Waals surface area (Å²) in [4.78, 5) is 18.8. The molecule has 7 heteroatoms. The maximum Gasteiger partial charge on any atom is 0.258 e. The summed E-state index contributed by atoms with van der Waals surface area (Å²) >= 11 is 3.35. The van der Waals surface area contributed by atoms with E-state index in [4.69, 9.17) is 9.47 Å². The van der Waals surface area contributed by atoms with Crippen LogP contribution < -0.4 is 14.8 Å². The molecule has 2 rings (SSSR count). The van der Waals surface area contributed by atoms with Crippen molar-refractivity contribution >= 4 is 27.8 Å². The first kappa shape index (κ1) is 13.4. The molecule has 19 heavy (non-hydrogen) atoms. The smallest absolute Gasteiger partial charge is 0.258 e. The van der Waals surface area contributed by atoms with Gasteiger partial charge in [0.25, 0.3) is 5.91 Å². The Morgan fingerprint density at radius 2 is 1.95 bits per heavy atom. The van der Waals surface area contributed by atoms with Crippen molar-refractivity contribution in [2.45, 2.75) is 0 Å². The molecule has 1 amide bonds. The number of imidazole rings is 1. The van der Waals surface area contributed by atoms with Crippen molar-refractivity contribution in [3.8, 4) is 11.5 Å². The van der Waals surface area contributed by atoms with Crippen molar-refractivity contribution in [1.82, 2.24) is 9.97 Å². The number of benzene rings is 1. The minimum atomic E-state index is -0.306. The molecular formula is C12H12BrN3O3. The van der Waals surface area contributed by atoms with Crippen LogP contribution in [0.4, 0.5) is 5.95 Å². The standard InChI is InChI=1S/C12H12BrN3O3/c1-18-8-5-7(6-9(19-2)10(8)13)11(17)16-12-14-3-4-15-12/h3-6H,1-2H3,(H2,14,15,16,17). The fourth-order valence-electron chi connectivity index (χ4n) is 1.51. The first-order valence-corrected chi connectivity index (χ1v) is 6.17. The molecule has 1 heterocycles.